The Labute approximate surface area is 254 Å². The molecule has 1 heterocycles. The Bertz CT molecular complexity index is 1650. The van der Waals surface area contributed by atoms with E-state index in [1.807, 2.05) is 0 Å². The third-order valence-electron chi connectivity index (χ3n) is 8.84. The molecule has 0 saturated heterocycles. The minimum Gasteiger partial charge on any atom is -0.376 e. The molecule has 6 aromatic rings. The van der Waals surface area contributed by atoms with Gasteiger partial charge in [-0.3, -0.25) is 0 Å². The zero-order valence-electron chi connectivity index (χ0n) is 24.3. The van der Waals surface area contributed by atoms with E-state index < -0.39 is 5.54 Å². The number of hydrogen-bond donors (Lipinski definition) is 0. The molecule has 0 fully saturated rings. The number of hydrogen-bond acceptors (Lipinski definition) is 2. The Hall–Kier alpha value is -4.73. The number of aromatic nitrogens is 2. The molecule has 0 spiro atoms. The fraction of sp³-hybridized carbons (Fsp3) is 0.175. The van der Waals surface area contributed by atoms with Gasteiger partial charge in [0.2, 0.25) is 0 Å². The smallest absolute Gasteiger partial charge is 0.121 e. The van der Waals surface area contributed by atoms with Crippen LogP contribution in [0, 0.1) is 5.92 Å². The van der Waals surface area contributed by atoms with Crippen molar-refractivity contribution >= 4 is 0 Å². The quantitative estimate of drug-likeness (QED) is 0.165. The van der Waals surface area contributed by atoms with Crippen molar-refractivity contribution in [2.24, 2.45) is 5.92 Å². The lowest BCUT2D eigenvalue weighted by Gasteiger charge is -2.39. The first kappa shape index (κ1) is 27.1. The predicted molar refractivity (Wildman–Crippen MR) is 174 cm³/mol. The summed E-state index contributed by atoms with van der Waals surface area (Å²) in [5, 5.41) is 0. The summed E-state index contributed by atoms with van der Waals surface area (Å²) in [6.45, 7) is 1.37. The van der Waals surface area contributed by atoms with Gasteiger partial charge in [-0.05, 0) is 58.6 Å². The van der Waals surface area contributed by atoms with Crippen molar-refractivity contribution in [3.63, 3.8) is 0 Å². The standard InChI is InChI=1S/C40H36N2O/c1-5-13-33(14-6-1)34-24-21-31(22-25-34)28-43-29-32-23-26-39-38(27-32)41-30-42(39)40(35-15-7-2-8-16-35,36-17-9-3-10-18-36)37-19-11-4-12-20-37/h1-22,24-25,30,32H,23,26-29H2. The van der Waals surface area contributed by atoms with Gasteiger partial charge in [0.1, 0.15) is 5.54 Å². The van der Waals surface area contributed by atoms with Crippen LogP contribution in [0.5, 0.6) is 0 Å². The molecule has 0 aliphatic heterocycles. The second kappa shape index (κ2) is 12.2. The molecule has 0 saturated carbocycles. The summed E-state index contributed by atoms with van der Waals surface area (Å²) in [5.74, 6) is 0.457. The average molecular weight is 561 g/mol. The summed E-state index contributed by atoms with van der Waals surface area (Å²) in [5.41, 5.74) is 9.38. The SMILES string of the molecule is c1ccc(-c2ccc(COCC3CCc4c(ncn4C(c4ccccc4)(c4ccccc4)c4ccccc4)C3)cc2)cc1. The molecule has 3 heteroatoms. The molecule has 7 rings (SSSR count). The summed E-state index contributed by atoms with van der Waals surface area (Å²) < 4.78 is 8.72. The van der Waals surface area contributed by atoms with E-state index in [0.29, 0.717) is 12.5 Å². The number of rotatable bonds is 9. The van der Waals surface area contributed by atoms with Gasteiger partial charge in [-0.1, -0.05) is 146 Å². The third kappa shape index (κ3) is 5.33. The highest BCUT2D eigenvalue weighted by atomic mass is 16.5. The van der Waals surface area contributed by atoms with E-state index in [2.05, 4.69) is 156 Å². The van der Waals surface area contributed by atoms with Crippen LogP contribution < -0.4 is 0 Å². The molecule has 1 unspecified atom stereocenters. The monoisotopic (exact) mass is 560 g/mol. The van der Waals surface area contributed by atoms with Crippen molar-refractivity contribution in [3.8, 4) is 11.1 Å². The molecular weight excluding hydrogens is 524 g/mol. The highest BCUT2D eigenvalue weighted by molar-refractivity contribution is 5.63. The van der Waals surface area contributed by atoms with Crippen LogP contribution in [0.25, 0.3) is 11.1 Å². The van der Waals surface area contributed by atoms with E-state index in [1.54, 1.807) is 0 Å². The maximum absolute atomic E-state index is 6.27. The summed E-state index contributed by atoms with van der Waals surface area (Å²) in [6, 6.07) is 51.9. The molecule has 212 valence electrons. The predicted octanol–water partition coefficient (Wildman–Crippen LogP) is 8.71. The minimum atomic E-state index is -0.514. The second-order valence-electron chi connectivity index (χ2n) is 11.5. The molecule has 1 atom stereocenters. The van der Waals surface area contributed by atoms with Gasteiger partial charge in [0.05, 0.1) is 25.2 Å². The number of nitrogens with zero attached hydrogens (tertiary/aromatic N) is 2. The van der Waals surface area contributed by atoms with Crippen LogP contribution in [0.3, 0.4) is 0 Å². The second-order valence-corrected chi connectivity index (χ2v) is 11.5. The lowest BCUT2D eigenvalue weighted by atomic mass is 9.76. The van der Waals surface area contributed by atoms with Gasteiger partial charge >= 0.3 is 0 Å². The topological polar surface area (TPSA) is 27.1 Å². The van der Waals surface area contributed by atoms with E-state index >= 15 is 0 Å². The normalized spacial score (nSPS) is 14.7. The van der Waals surface area contributed by atoms with Crippen LogP contribution in [0.15, 0.2) is 152 Å². The van der Waals surface area contributed by atoms with Gasteiger partial charge in [0, 0.05) is 5.69 Å². The highest BCUT2D eigenvalue weighted by Crippen LogP contribution is 2.43. The fourth-order valence-corrected chi connectivity index (χ4v) is 6.72. The molecule has 0 N–H and O–H groups in total. The maximum Gasteiger partial charge on any atom is 0.121 e. The van der Waals surface area contributed by atoms with E-state index in [4.69, 9.17) is 9.72 Å². The molecule has 0 amide bonds. The number of benzene rings is 5. The molecular formula is C40H36N2O. The van der Waals surface area contributed by atoms with Crippen molar-refractivity contribution in [2.45, 2.75) is 31.4 Å². The van der Waals surface area contributed by atoms with E-state index in [1.165, 1.54) is 44.8 Å². The Kier molecular flexibility index (Phi) is 7.73. The zero-order valence-corrected chi connectivity index (χ0v) is 24.3. The van der Waals surface area contributed by atoms with Crippen molar-refractivity contribution in [3.05, 3.63) is 186 Å². The molecule has 0 bridgehead atoms. The maximum atomic E-state index is 6.27. The third-order valence-corrected chi connectivity index (χ3v) is 8.84. The Balaban J connectivity index is 1.13. The highest BCUT2D eigenvalue weighted by Gasteiger charge is 2.41. The van der Waals surface area contributed by atoms with Crippen LogP contribution in [0.1, 0.15) is 40.1 Å². The first-order chi connectivity index (χ1) is 21.3. The van der Waals surface area contributed by atoms with Gasteiger partial charge in [0.15, 0.2) is 0 Å². The van der Waals surface area contributed by atoms with Gasteiger partial charge in [-0.25, -0.2) is 4.98 Å². The summed E-state index contributed by atoms with van der Waals surface area (Å²) in [6.07, 6.45) is 5.07. The Morgan fingerprint density at radius 3 is 1.70 bits per heavy atom. The first-order valence-electron chi connectivity index (χ1n) is 15.3. The Morgan fingerprint density at radius 2 is 1.14 bits per heavy atom. The van der Waals surface area contributed by atoms with Crippen LogP contribution in [0.4, 0.5) is 0 Å². The van der Waals surface area contributed by atoms with Crippen LogP contribution in [-0.2, 0) is 29.7 Å². The first-order valence-corrected chi connectivity index (χ1v) is 15.3. The van der Waals surface area contributed by atoms with Gasteiger partial charge in [-0.2, -0.15) is 0 Å². The molecule has 1 aromatic heterocycles. The van der Waals surface area contributed by atoms with Gasteiger partial charge < -0.3 is 9.30 Å². The lowest BCUT2D eigenvalue weighted by Crippen LogP contribution is -2.39. The lowest BCUT2D eigenvalue weighted by molar-refractivity contribution is 0.0816. The van der Waals surface area contributed by atoms with Crippen molar-refractivity contribution in [1.29, 1.82) is 0 Å². The minimum absolute atomic E-state index is 0.457. The Morgan fingerprint density at radius 1 is 0.628 bits per heavy atom. The summed E-state index contributed by atoms with van der Waals surface area (Å²) in [4.78, 5) is 5.06. The van der Waals surface area contributed by atoms with Crippen LogP contribution >= 0.6 is 0 Å². The number of fused-ring (bicyclic) bond motifs is 1. The molecule has 1 aliphatic carbocycles. The van der Waals surface area contributed by atoms with Crippen molar-refractivity contribution in [2.75, 3.05) is 6.61 Å². The molecule has 5 aromatic carbocycles. The van der Waals surface area contributed by atoms with Crippen LogP contribution in [0.2, 0.25) is 0 Å². The van der Waals surface area contributed by atoms with Crippen molar-refractivity contribution < 1.29 is 4.74 Å². The largest absolute Gasteiger partial charge is 0.376 e. The molecule has 0 radical (unpaired) electrons. The number of ether oxygens (including phenoxy) is 1. The van der Waals surface area contributed by atoms with E-state index in [-0.39, 0.29) is 0 Å². The molecule has 3 nitrogen and oxygen atoms in total. The van der Waals surface area contributed by atoms with Gasteiger partial charge in [-0.15, -0.1) is 0 Å². The molecule has 43 heavy (non-hydrogen) atoms. The number of imidazole rings is 1. The fourth-order valence-electron chi connectivity index (χ4n) is 6.72. The molecule has 1 aliphatic rings. The van der Waals surface area contributed by atoms with Gasteiger partial charge in [0.25, 0.3) is 0 Å². The van der Waals surface area contributed by atoms with Crippen molar-refractivity contribution in [1.82, 2.24) is 9.55 Å². The van der Waals surface area contributed by atoms with E-state index in [0.717, 1.165) is 25.9 Å². The van der Waals surface area contributed by atoms with E-state index in [9.17, 15) is 0 Å². The zero-order chi connectivity index (χ0) is 28.9. The average Bonchev–Trinajstić information content (AvgIpc) is 3.51. The summed E-state index contributed by atoms with van der Waals surface area (Å²) >= 11 is 0. The van der Waals surface area contributed by atoms with Crippen LogP contribution in [-0.4, -0.2) is 16.2 Å². The summed E-state index contributed by atoms with van der Waals surface area (Å²) in [7, 11) is 0.